The van der Waals surface area contributed by atoms with E-state index >= 15 is 0 Å². The average molecular weight is 377 g/mol. The van der Waals surface area contributed by atoms with Crippen LogP contribution in [0.25, 0.3) is 0 Å². The molecule has 0 heterocycles. The average Bonchev–Trinajstić information content (AvgIpc) is 2.65. The van der Waals surface area contributed by atoms with Gasteiger partial charge in [0.05, 0.1) is 24.7 Å². The second kappa shape index (κ2) is 8.33. The Bertz CT molecular complexity index is 893. The Morgan fingerprint density at radius 2 is 1.88 bits per heavy atom. The molecule has 2 rings (SSSR count). The van der Waals surface area contributed by atoms with Crippen LogP contribution in [-0.4, -0.2) is 28.6 Å². The lowest BCUT2D eigenvalue weighted by Crippen LogP contribution is -2.28. The zero-order valence-electron chi connectivity index (χ0n) is 15.3. The van der Waals surface area contributed by atoms with Gasteiger partial charge in [0, 0.05) is 6.04 Å². The minimum Gasteiger partial charge on any atom is -0.496 e. The first kappa shape index (κ1) is 19.9. The third-order valence-electron chi connectivity index (χ3n) is 4.09. The molecule has 2 aromatic rings. The van der Waals surface area contributed by atoms with Gasteiger partial charge in [-0.3, -0.25) is 0 Å². The normalized spacial score (nSPS) is 12.5. The van der Waals surface area contributed by atoms with Crippen LogP contribution >= 0.6 is 0 Å². The largest absolute Gasteiger partial charge is 0.496 e. The van der Waals surface area contributed by atoms with E-state index in [0.29, 0.717) is 6.42 Å². The molecule has 2 aromatic carbocycles. The number of rotatable bonds is 7. The van der Waals surface area contributed by atoms with Gasteiger partial charge >= 0.3 is 5.97 Å². The van der Waals surface area contributed by atoms with Crippen molar-refractivity contribution >= 4 is 16.0 Å². The highest BCUT2D eigenvalue weighted by atomic mass is 32.2. The Morgan fingerprint density at radius 1 is 1.15 bits per heavy atom. The summed E-state index contributed by atoms with van der Waals surface area (Å²) in [6, 6.07) is 10.9. The van der Waals surface area contributed by atoms with Crippen molar-refractivity contribution in [1.29, 1.82) is 0 Å². The van der Waals surface area contributed by atoms with Crippen LogP contribution in [0, 0.1) is 6.92 Å². The zero-order chi connectivity index (χ0) is 19.3. The minimum absolute atomic E-state index is 0.0177. The van der Waals surface area contributed by atoms with E-state index in [9.17, 15) is 13.2 Å². The number of carbonyl (C=O) groups is 1. The van der Waals surface area contributed by atoms with Crippen LogP contribution in [-0.2, 0) is 14.8 Å². The number of aryl methyl sites for hydroxylation is 1. The van der Waals surface area contributed by atoms with Crippen LogP contribution in [0.3, 0.4) is 0 Å². The molecule has 0 aromatic heterocycles. The molecule has 1 atom stereocenters. The molecule has 0 spiro atoms. The van der Waals surface area contributed by atoms with E-state index in [4.69, 9.17) is 4.74 Å². The Morgan fingerprint density at radius 3 is 2.46 bits per heavy atom. The van der Waals surface area contributed by atoms with Crippen LogP contribution in [0.5, 0.6) is 5.75 Å². The minimum atomic E-state index is -3.80. The molecule has 0 radical (unpaired) electrons. The SMILES string of the molecule is CC[C@H](NS(=O)(=O)c1cccc(C(=O)OC)c1)c1ccc(OC)c(C)c1. The van der Waals surface area contributed by atoms with Crippen LogP contribution in [0.15, 0.2) is 47.4 Å². The Kier molecular flexibility index (Phi) is 6.39. The molecule has 6 nitrogen and oxygen atoms in total. The summed E-state index contributed by atoms with van der Waals surface area (Å²) in [6.45, 7) is 3.81. The fraction of sp³-hybridized carbons (Fsp3) is 0.316. The summed E-state index contributed by atoms with van der Waals surface area (Å²) in [6.07, 6.45) is 0.571. The maximum Gasteiger partial charge on any atom is 0.337 e. The zero-order valence-corrected chi connectivity index (χ0v) is 16.1. The van der Waals surface area contributed by atoms with E-state index in [1.54, 1.807) is 7.11 Å². The maximum atomic E-state index is 12.8. The van der Waals surface area contributed by atoms with E-state index in [1.165, 1.54) is 31.4 Å². The van der Waals surface area contributed by atoms with Crippen LogP contribution in [0.4, 0.5) is 0 Å². The molecule has 0 amide bonds. The van der Waals surface area contributed by atoms with Crippen molar-refractivity contribution in [1.82, 2.24) is 4.72 Å². The highest BCUT2D eigenvalue weighted by Gasteiger charge is 2.22. The van der Waals surface area contributed by atoms with Gasteiger partial charge in [0.1, 0.15) is 5.75 Å². The third-order valence-corrected chi connectivity index (χ3v) is 5.56. The number of benzene rings is 2. The van der Waals surface area contributed by atoms with E-state index in [0.717, 1.165) is 16.9 Å². The first-order valence-electron chi connectivity index (χ1n) is 8.17. The van der Waals surface area contributed by atoms with Gasteiger partial charge in [0.2, 0.25) is 10.0 Å². The monoisotopic (exact) mass is 377 g/mol. The number of sulfonamides is 1. The first-order valence-corrected chi connectivity index (χ1v) is 9.66. The van der Waals surface area contributed by atoms with Crippen LogP contribution < -0.4 is 9.46 Å². The van der Waals surface area contributed by atoms with Crippen LogP contribution in [0.1, 0.15) is 40.9 Å². The Labute approximate surface area is 154 Å². The third kappa shape index (κ3) is 4.42. The summed E-state index contributed by atoms with van der Waals surface area (Å²) in [7, 11) is -0.957. The molecule has 0 aliphatic rings. The van der Waals surface area contributed by atoms with E-state index < -0.39 is 22.0 Å². The van der Waals surface area contributed by atoms with E-state index in [-0.39, 0.29) is 10.5 Å². The summed E-state index contributed by atoms with van der Waals surface area (Å²) >= 11 is 0. The number of carbonyl (C=O) groups excluding carboxylic acids is 1. The van der Waals surface area contributed by atoms with Crippen molar-refractivity contribution in [2.45, 2.75) is 31.2 Å². The number of hydrogen-bond acceptors (Lipinski definition) is 5. The summed E-state index contributed by atoms with van der Waals surface area (Å²) in [5, 5.41) is 0. The number of hydrogen-bond donors (Lipinski definition) is 1. The van der Waals surface area contributed by atoms with Gasteiger partial charge in [0.25, 0.3) is 0 Å². The van der Waals surface area contributed by atoms with Gasteiger partial charge in [-0.15, -0.1) is 0 Å². The predicted molar refractivity (Wildman–Crippen MR) is 98.9 cm³/mol. The second-order valence-electron chi connectivity index (χ2n) is 5.83. The van der Waals surface area contributed by atoms with Gasteiger partial charge in [-0.05, 0) is 48.7 Å². The summed E-state index contributed by atoms with van der Waals surface area (Å²) in [5.41, 5.74) is 1.96. The lowest BCUT2D eigenvalue weighted by Gasteiger charge is -2.19. The second-order valence-corrected chi connectivity index (χ2v) is 7.54. The summed E-state index contributed by atoms with van der Waals surface area (Å²) in [4.78, 5) is 11.7. The molecular weight excluding hydrogens is 354 g/mol. The lowest BCUT2D eigenvalue weighted by molar-refractivity contribution is 0.0600. The first-order chi connectivity index (χ1) is 12.3. The highest BCUT2D eigenvalue weighted by molar-refractivity contribution is 7.89. The van der Waals surface area contributed by atoms with Crippen LogP contribution in [0.2, 0.25) is 0 Å². The molecule has 0 aliphatic carbocycles. The predicted octanol–water partition coefficient (Wildman–Crippen LogP) is 3.22. The fourth-order valence-corrected chi connectivity index (χ4v) is 4.02. The molecule has 0 fully saturated rings. The topological polar surface area (TPSA) is 81.7 Å². The maximum absolute atomic E-state index is 12.8. The number of esters is 1. The molecule has 0 unspecified atom stereocenters. The van der Waals surface area contributed by atoms with Crippen molar-refractivity contribution < 1.29 is 22.7 Å². The summed E-state index contributed by atoms with van der Waals surface area (Å²) in [5.74, 6) is 0.164. The van der Waals surface area contributed by atoms with Gasteiger partial charge in [0.15, 0.2) is 0 Å². The Balaban J connectivity index is 2.32. The molecule has 140 valence electrons. The van der Waals surface area contributed by atoms with Crippen molar-refractivity contribution in [2.75, 3.05) is 14.2 Å². The van der Waals surface area contributed by atoms with E-state index in [1.807, 2.05) is 32.0 Å². The molecule has 0 bridgehead atoms. The molecule has 0 saturated carbocycles. The number of nitrogens with one attached hydrogen (secondary N) is 1. The molecule has 1 N–H and O–H groups in total. The van der Waals surface area contributed by atoms with Gasteiger partial charge in [-0.2, -0.15) is 0 Å². The highest BCUT2D eigenvalue weighted by Crippen LogP contribution is 2.26. The van der Waals surface area contributed by atoms with Gasteiger partial charge in [-0.1, -0.05) is 25.1 Å². The van der Waals surface area contributed by atoms with Gasteiger partial charge in [-0.25, -0.2) is 17.9 Å². The molecule has 0 aliphatic heterocycles. The molecule has 0 saturated heterocycles. The standard InChI is InChI=1S/C19H23NO5S/c1-5-17(14-9-10-18(24-3)13(2)11-14)20-26(22,23)16-8-6-7-15(12-16)19(21)25-4/h6-12,17,20H,5H2,1-4H3/t17-/m0/s1. The van der Waals surface area contributed by atoms with Crippen molar-refractivity contribution in [3.63, 3.8) is 0 Å². The van der Waals surface area contributed by atoms with Crippen molar-refractivity contribution in [3.8, 4) is 5.75 Å². The number of ether oxygens (including phenoxy) is 2. The smallest absolute Gasteiger partial charge is 0.337 e. The van der Waals surface area contributed by atoms with Crippen molar-refractivity contribution in [2.24, 2.45) is 0 Å². The number of methoxy groups -OCH3 is 2. The summed E-state index contributed by atoms with van der Waals surface area (Å²) < 4.78 is 38.1. The molecular formula is C19H23NO5S. The Hall–Kier alpha value is -2.38. The molecule has 26 heavy (non-hydrogen) atoms. The van der Waals surface area contributed by atoms with E-state index in [2.05, 4.69) is 9.46 Å². The lowest BCUT2D eigenvalue weighted by atomic mass is 10.0. The fourth-order valence-electron chi connectivity index (χ4n) is 2.67. The molecule has 7 heteroatoms. The quantitative estimate of drug-likeness (QED) is 0.749. The van der Waals surface area contributed by atoms with Crippen molar-refractivity contribution in [3.05, 3.63) is 59.2 Å². The van der Waals surface area contributed by atoms with Gasteiger partial charge < -0.3 is 9.47 Å².